The number of carbonyl (C=O) groups excluding carboxylic acids is 2. The topological polar surface area (TPSA) is 94.5 Å². The number of aromatic carboxylic acids is 1. The molecule has 0 bridgehead atoms. The number of Topliss-reactive ketones (excluding diaryl/α,β-unsaturated/α-hetero) is 2. The van der Waals surface area contributed by atoms with E-state index in [2.05, 4.69) is 0 Å². The molecule has 0 spiro atoms. The highest BCUT2D eigenvalue weighted by atomic mass is 127. The monoisotopic (exact) mass is 473 g/mol. The SMILES string of the molecule is O=C(CI)c1cc(C(=O)O)c([O-])c(C(=O)CI)c1. The molecule has 0 aliphatic rings. The Morgan fingerprint density at radius 3 is 2.00 bits per heavy atom. The first-order chi connectivity index (χ1) is 8.42. The van der Waals surface area contributed by atoms with Crippen LogP contribution >= 0.6 is 45.2 Å². The van der Waals surface area contributed by atoms with Gasteiger partial charge < -0.3 is 10.2 Å². The number of carboxylic acids is 1. The lowest BCUT2D eigenvalue weighted by molar-refractivity contribution is -0.269. The minimum atomic E-state index is -1.44. The average molecular weight is 473 g/mol. The quantitative estimate of drug-likeness (QED) is 0.400. The molecule has 1 aromatic carbocycles. The second-order valence-corrected chi connectivity index (χ2v) is 4.84. The Balaban J connectivity index is 3.51. The van der Waals surface area contributed by atoms with E-state index in [0.717, 1.165) is 6.07 Å². The smallest absolute Gasteiger partial charge is 0.335 e. The zero-order chi connectivity index (χ0) is 13.9. The van der Waals surface area contributed by atoms with E-state index in [1.54, 1.807) is 22.6 Å². The molecule has 96 valence electrons. The zero-order valence-electron chi connectivity index (χ0n) is 8.91. The minimum Gasteiger partial charge on any atom is -0.871 e. The summed E-state index contributed by atoms with van der Waals surface area (Å²) < 4.78 is 0.195. The molecule has 1 rings (SSSR count). The largest absolute Gasteiger partial charge is 0.871 e. The molecule has 0 saturated carbocycles. The van der Waals surface area contributed by atoms with Crippen LogP contribution in [0.5, 0.6) is 5.75 Å². The van der Waals surface area contributed by atoms with Crippen molar-refractivity contribution in [2.45, 2.75) is 0 Å². The first-order valence-corrected chi connectivity index (χ1v) is 7.74. The summed E-state index contributed by atoms with van der Waals surface area (Å²) >= 11 is 3.61. The summed E-state index contributed by atoms with van der Waals surface area (Å²) in [5.74, 6) is -3.08. The average Bonchev–Trinajstić information content (AvgIpc) is 2.36. The number of ketones is 2. The Kier molecular flexibility index (Phi) is 5.50. The van der Waals surface area contributed by atoms with Gasteiger partial charge in [-0.2, -0.15) is 0 Å². The van der Waals surface area contributed by atoms with Crippen molar-refractivity contribution >= 4 is 62.7 Å². The van der Waals surface area contributed by atoms with Crippen molar-refractivity contribution in [3.05, 3.63) is 28.8 Å². The van der Waals surface area contributed by atoms with Crippen LogP contribution in [-0.2, 0) is 0 Å². The van der Waals surface area contributed by atoms with Crippen LogP contribution in [0, 0.1) is 0 Å². The summed E-state index contributed by atoms with van der Waals surface area (Å²) in [4.78, 5) is 34.0. The molecule has 0 unspecified atom stereocenters. The van der Waals surface area contributed by atoms with E-state index in [4.69, 9.17) is 5.11 Å². The highest BCUT2D eigenvalue weighted by molar-refractivity contribution is 14.1. The van der Waals surface area contributed by atoms with Gasteiger partial charge >= 0.3 is 5.97 Å². The molecule has 0 amide bonds. The van der Waals surface area contributed by atoms with Gasteiger partial charge in [-0.3, -0.25) is 9.59 Å². The molecule has 0 aliphatic heterocycles. The third kappa shape index (κ3) is 3.19. The molecule has 0 fully saturated rings. The standard InChI is InChI=1S/C11H8I2O5/c12-3-8(14)5-1-6(9(15)4-13)10(16)7(2-5)11(17)18/h1-2,16H,3-4H2,(H,17,18)/p-1. The van der Waals surface area contributed by atoms with Gasteiger partial charge in [0.25, 0.3) is 0 Å². The predicted octanol–water partition coefficient (Wildman–Crippen LogP) is 1.69. The molecule has 1 aromatic rings. The second kappa shape index (κ2) is 6.45. The van der Waals surface area contributed by atoms with E-state index in [-0.39, 0.29) is 25.8 Å². The highest BCUT2D eigenvalue weighted by Gasteiger charge is 2.16. The van der Waals surface area contributed by atoms with Crippen molar-refractivity contribution in [1.82, 2.24) is 0 Å². The summed E-state index contributed by atoms with van der Waals surface area (Å²) in [5, 5.41) is 20.7. The van der Waals surface area contributed by atoms with Gasteiger partial charge in [0.15, 0.2) is 11.6 Å². The van der Waals surface area contributed by atoms with Gasteiger partial charge in [-0.15, -0.1) is 0 Å². The van der Waals surface area contributed by atoms with Crippen molar-refractivity contribution in [1.29, 1.82) is 0 Å². The Labute approximate surface area is 130 Å². The van der Waals surface area contributed by atoms with Crippen molar-refractivity contribution in [3.8, 4) is 5.75 Å². The Hall–Kier alpha value is -0.710. The van der Waals surface area contributed by atoms with Crippen LogP contribution in [-0.4, -0.2) is 31.5 Å². The number of rotatable bonds is 5. The van der Waals surface area contributed by atoms with Gasteiger partial charge in [0, 0.05) is 11.1 Å². The Morgan fingerprint density at radius 1 is 1.06 bits per heavy atom. The molecule has 0 aromatic heterocycles. The number of alkyl halides is 2. The molecule has 0 heterocycles. The fraction of sp³-hybridized carbons (Fsp3) is 0.182. The molecule has 0 atom stereocenters. The molecule has 18 heavy (non-hydrogen) atoms. The molecular formula is C11H7I2O5-. The lowest BCUT2D eigenvalue weighted by Gasteiger charge is -2.16. The molecule has 0 radical (unpaired) electrons. The fourth-order valence-electron chi connectivity index (χ4n) is 1.30. The molecule has 5 nitrogen and oxygen atoms in total. The highest BCUT2D eigenvalue weighted by Crippen LogP contribution is 2.24. The van der Waals surface area contributed by atoms with Crippen molar-refractivity contribution in [2.24, 2.45) is 0 Å². The lowest BCUT2D eigenvalue weighted by Crippen LogP contribution is -2.14. The van der Waals surface area contributed by atoms with Crippen LogP contribution in [0.25, 0.3) is 0 Å². The first-order valence-electron chi connectivity index (χ1n) is 4.69. The number of benzene rings is 1. The van der Waals surface area contributed by atoms with E-state index in [0.29, 0.717) is 0 Å². The summed E-state index contributed by atoms with van der Waals surface area (Å²) in [7, 11) is 0. The molecule has 7 heteroatoms. The van der Waals surface area contributed by atoms with Crippen LogP contribution in [0.4, 0.5) is 0 Å². The van der Waals surface area contributed by atoms with Gasteiger partial charge in [-0.25, -0.2) is 4.79 Å². The lowest BCUT2D eigenvalue weighted by atomic mass is 10.00. The van der Waals surface area contributed by atoms with Crippen LogP contribution < -0.4 is 5.11 Å². The third-order valence-corrected chi connectivity index (χ3v) is 3.57. The number of carbonyl (C=O) groups is 3. The van der Waals surface area contributed by atoms with Gasteiger partial charge in [-0.1, -0.05) is 50.9 Å². The van der Waals surface area contributed by atoms with Crippen molar-refractivity contribution in [2.75, 3.05) is 8.86 Å². The van der Waals surface area contributed by atoms with Crippen molar-refractivity contribution in [3.63, 3.8) is 0 Å². The first kappa shape index (κ1) is 15.3. The number of hydrogen-bond donors (Lipinski definition) is 1. The number of hydrogen-bond acceptors (Lipinski definition) is 4. The fourth-order valence-corrected chi connectivity index (χ4v) is 2.16. The molecular weight excluding hydrogens is 466 g/mol. The van der Waals surface area contributed by atoms with E-state index < -0.39 is 23.1 Å². The van der Waals surface area contributed by atoms with Crippen LogP contribution in [0.3, 0.4) is 0 Å². The maximum atomic E-state index is 11.8. The summed E-state index contributed by atoms with van der Waals surface area (Å²) in [5.41, 5.74) is -0.703. The van der Waals surface area contributed by atoms with Crippen LogP contribution in [0.2, 0.25) is 0 Å². The van der Waals surface area contributed by atoms with E-state index in [1.807, 2.05) is 22.6 Å². The maximum absolute atomic E-state index is 11.8. The number of carboxylic acid groups (broad SMARTS) is 1. The van der Waals surface area contributed by atoms with Gasteiger partial charge in [0.2, 0.25) is 0 Å². The summed E-state index contributed by atoms with van der Waals surface area (Å²) in [6.45, 7) is 0. The minimum absolute atomic E-state index is 0.0495. The van der Waals surface area contributed by atoms with Gasteiger partial charge in [0.05, 0.1) is 14.4 Å². The Morgan fingerprint density at radius 2 is 1.56 bits per heavy atom. The van der Waals surface area contributed by atoms with E-state index >= 15 is 0 Å². The van der Waals surface area contributed by atoms with Gasteiger partial charge in [0.1, 0.15) is 0 Å². The summed E-state index contributed by atoms with van der Waals surface area (Å²) in [6, 6.07) is 2.20. The van der Waals surface area contributed by atoms with Crippen LogP contribution in [0.1, 0.15) is 31.1 Å². The zero-order valence-corrected chi connectivity index (χ0v) is 13.2. The number of halogens is 2. The maximum Gasteiger partial charge on any atom is 0.335 e. The summed E-state index contributed by atoms with van der Waals surface area (Å²) in [6.07, 6.45) is 0. The third-order valence-electron chi connectivity index (χ3n) is 2.18. The van der Waals surface area contributed by atoms with Crippen LogP contribution in [0.15, 0.2) is 12.1 Å². The van der Waals surface area contributed by atoms with Crippen molar-refractivity contribution < 1.29 is 24.6 Å². The molecule has 1 N–H and O–H groups in total. The van der Waals surface area contributed by atoms with E-state index in [1.165, 1.54) is 6.07 Å². The molecule has 0 saturated heterocycles. The molecule has 0 aliphatic carbocycles. The second-order valence-electron chi connectivity index (χ2n) is 3.32. The van der Waals surface area contributed by atoms with Gasteiger partial charge in [-0.05, 0) is 12.1 Å². The van der Waals surface area contributed by atoms with E-state index in [9.17, 15) is 19.5 Å². The normalized spacial score (nSPS) is 10.1. The Bertz CT molecular complexity index is 524. The predicted molar refractivity (Wildman–Crippen MR) is 79.3 cm³/mol.